The number of hydrogen-bond acceptors (Lipinski definition) is 3. The number of hydrogen-bond donors (Lipinski definition) is 3. The van der Waals surface area contributed by atoms with Crippen LogP contribution in [-0.4, -0.2) is 17.8 Å². The SMILES string of the molecule is CCCC[C@]1(CC)C(=O)NC(=O)[NH+]=C1N. The molecule has 15 heavy (non-hydrogen) atoms. The molecule has 0 bridgehead atoms. The van der Waals surface area contributed by atoms with Gasteiger partial charge in [0.25, 0.3) is 5.91 Å². The largest absolute Gasteiger partial charge is 0.440 e. The van der Waals surface area contributed by atoms with E-state index in [1.807, 2.05) is 6.92 Å². The number of urea groups is 1. The first kappa shape index (κ1) is 11.7. The van der Waals surface area contributed by atoms with Gasteiger partial charge in [-0.05, 0) is 12.8 Å². The molecule has 0 aromatic carbocycles. The molecule has 1 aliphatic heterocycles. The van der Waals surface area contributed by atoms with Gasteiger partial charge in [-0.3, -0.25) is 4.79 Å². The molecule has 3 amide bonds. The number of amidine groups is 1. The second-order valence-electron chi connectivity index (χ2n) is 3.86. The van der Waals surface area contributed by atoms with Gasteiger partial charge < -0.3 is 5.73 Å². The third-order valence-electron chi connectivity index (χ3n) is 2.99. The predicted molar refractivity (Wildman–Crippen MR) is 55.9 cm³/mol. The Hall–Kier alpha value is -1.39. The minimum Gasteiger partial charge on any atom is -0.321 e. The van der Waals surface area contributed by atoms with Crippen LogP contribution in [0, 0.1) is 5.41 Å². The molecular weight excluding hydrogens is 194 g/mol. The maximum atomic E-state index is 11.8. The maximum Gasteiger partial charge on any atom is 0.440 e. The third-order valence-corrected chi connectivity index (χ3v) is 2.99. The zero-order valence-electron chi connectivity index (χ0n) is 9.22. The maximum absolute atomic E-state index is 11.8. The van der Waals surface area contributed by atoms with Gasteiger partial charge in [0.1, 0.15) is 5.41 Å². The Labute approximate surface area is 89.1 Å². The molecule has 5 heteroatoms. The van der Waals surface area contributed by atoms with Gasteiger partial charge in [0.15, 0.2) is 0 Å². The number of nitrogens with one attached hydrogen (secondary N) is 2. The summed E-state index contributed by atoms with van der Waals surface area (Å²) in [6, 6.07) is -0.530. The number of rotatable bonds is 4. The predicted octanol–water partition coefficient (Wildman–Crippen LogP) is -0.739. The van der Waals surface area contributed by atoms with Crippen LogP contribution < -0.4 is 16.0 Å². The van der Waals surface area contributed by atoms with Crippen LogP contribution >= 0.6 is 0 Å². The molecular formula is C10H18N3O2+. The fraction of sp³-hybridized carbons (Fsp3) is 0.700. The lowest BCUT2D eigenvalue weighted by atomic mass is 9.77. The summed E-state index contributed by atoms with van der Waals surface area (Å²) in [5.41, 5.74) is 5.05. The molecule has 0 radical (unpaired) electrons. The second-order valence-corrected chi connectivity index (χ2v) is 3.86. The van der Waals surface area contributed by atoms with E-state index in [1.165, 1.54) is 0 Å². The number of carbonyl (C=O) groups excluding carboxylic acids is 2. The molecule has 0 fully saturated rings. The summed E-state index contributed by atoms with van der Waals surface area (Å²) in [5, 5.41) is 2.27. The minimum atomic E-state index is -0.718. The van der Waals surface area contributed by atoms with E-state index in [-0.39, 0.29) is 11.7 Å². The highest BCUT2D eigenvalue weighted by atomic mass is 16.2. The summed E-state index contributed by atoms with van der Waals surface area (Å²) in [6.07, 6.45) is 3.19. The van der Waals surface area contributed by atoms with Crippen LogP contribution in [0.4, 0.5) is 4.79 Å². The normalized spacial score (nSPS) is 26.1. The summed E-state index contributed by atoms with van der Waals surface area (Å²) >= 11 is 0. The average Bonchev–Trinajstić information content (AvgIpc) is 2.17. The molecule has 84 valence electrons. The molecule has 0 spiro atoms. The Kier molecular flexibility index (Phi) is 3.44. The average molecular weight is 212 g/mol. The molecule has 1 aliphatic rings. The van der Waals surface area contributed by atoms with E-state index in [2.05, 4.69) is 17.2 Å². The first-order valence-corrected chi connectivity index (χ1v) is 5.32. The van der Waals surface area contributed by atoms with E-state index in [1.54, 1.807) is 0 Å². The van der Waals surface area contributed by atoms with Crippen molar-refractivity contribution < 1.29 is 14.6 Å². The molecule has 0 aromatic heterocycles. The van der Waals surface area contributed by atoms with Crippen LogP contribution in [0.3, 0.4) is 0 Å². The molecule has 0 unspecified atom stereocenters. The Morgan fingerprint density at radius 2 is 2.07 bits per heavy atom. The van der Waals surface area contributed by atoms with Crippen molar-refractivity contribution in [1.82, 2.24) is 5.32 Å². The zero-order valence-corrected chi connectivity index (χ0v) is 9.22. The lowest BCUT2D eigenvalue weighted by Gasteiger charge is -2.28. The van der Waals surface area contributed by atoms with Crippen molar-refractivity contribution >= 4 is 17.8 Å². The van der Waals surface area contributed by atoms with Gasteiger partial charge in [0.2, 0.25) is 5.84 Å². The molecule has 0 aromatic rings. The number of unbranched alkanes of at least 4 members (excludes halogenated alkanes) is 1. The highest BCUT2D eigenvalue weighted by Crippen LogP contribution is 2.28. The summed E-state index contributed by atoms with van der Waals surface area (Å²) in [6.45, 7) is 3.96. The van der Waals surface area contributed by atoms with Crippen molar-refractivity contribution in [2.24, 2.45) is 11.1 Å². The number of imide groups is 1. The lowest BCUT2D eigenvalue weighted by molar-refractivity contribution is -0.354. The molecule has 5 nitrogen and oxygen atoms in total. The first-order chi connectivity index (χ1) is 7.06. The molecule has 0 saturated carbocycles. The summed E-state index contributed by atoms with van der Waals surface area (Å²) in [4.78, 5) is 25.3. The molecule has 0 saturated heterocycles. The molecule has 0 aliphatic carbocycles. The van der Waals surface area contributed by atoms with Crippen LogP contribution in [0.5, 0.6) is 0 Å². The van der Waals surface area contributed by atoms with E-state index >= 15 is 0 Å². The van der Waals surface area contributed by atoms with Gasteiger partial charge in [-0.15, -0.1) is 0 Å². The Morgan fingerprint density at radius 3 is 2.53 bits per heavy atom. The van der Waals surface area contributed by atoms with Crippen LogP contribution in [0.15, 0.2) is 0 Å². The zero-order chi connectivity index (χ0) is 11.5. The number of amides is 3. The van der Waals surface area contributed by atoms with Gasteiger partial charge >= 0.3 is 6.03 Å². The van der Waals surface area contributed by atoms with Gasteiger partial charge in [-0.2, -0.15) is 0 Å². The van der Waals surface area contributed by atoms with E-state index < -0.39 is 11.4 Å². The van der Waals surface area contributed by atoms with Crippen molar-refractivity contribution in [3.63, 3.8) is 0 Å². The van der Waals surface area contributed by atoms with E-state index in [0.717, 1.165) is 12.8 Å². The Balaban J connectivity index is 2.99. The molecule has 1 atom stereocenters. The van der Waals surface area contributed by atoms with Gasteiger partial charge in [-0.25, -0.2) is 15.1 Å². The molecule has 4 N–H and O–H groups in total. The number of nitrogens with two attached hydrogens (primary N) is 1. The molecule has 1 rings (SSSR count). The van der Waals surface area contributed by atoms with Gasteiger partial charge in [0.05, 0.1) is 0 Å². The van der Waals surface area contributed by atoms with Crippen molar-refractivity contribution in [3.8, 4) is 0 Å². The van der Waals surface area contributed by atoms with Crippen LogP contribution in [0.1, 0.15) is 39.5 Å². The highest BCUT2D eigenvalue weighted by molar-refractivity contribution is 6.12. The quantitative estimate of drug-likeness (QED) is 0.573. The van der Waals surface area contributed by atoms with Crippen molar-refractivity contribution in [2.45, 2.75) is 39.5 Å². The highest BCUT2D eigenvalue weighted by Gasteiger charge is 2.48. The van der Waals surface area contributed by atoms with Crippen molar-refractivity contribution in [1.29, 1.82) is 0 Å². The monoisotopic (exact) mass is 212 g/mol. The summed E-state index contributed by atoms with van der Waals surface area (Å²) < 4.78 is 0. The van der Waals surface area contributed by atoms with Crippen LogP contribution in [-0.2, 0) is 4.79 Å². The second kappa shape index (κ2) is 4.42. The minimum absolute atomic E-state index is 0.278. The lowest BCUT2D eigenvalue weighted by Crippen LogP contribution is -2.90. The first-order valence-electron chi connectivity index (χ1n) is 5.32. The fourth-order valence-electron chi connectivity index (χ4n) is 1.87. The summed E-state index contributed by atoms with van der Waals surface area (Å²) in [5.74, 6) is 0.00639. The van der Waals surface area contributed by atoms with Crippen LogP contribution in [0.25, 0.3) is 0 Å². The van der Waals surface area contributed by atoms with Gasteiger partial charge in [-0.1, -0.05) is 26.7 Å². The fourth-order valence-corrected chi connectivity index (χ4v) is 1.87. The third kappa shape index (κ3) is 2.00. The van der Waals surface area contributed by atoms with Gasteiger partial charge in [0, 0.05) is 0 Å². The van der Waals surface area contributed by atoms with Crippen molar-refractivity contribution in [3.05, 3.63) is 0 Å². The van der Waals surface area contributed by atoms with Crippen LogP contribution in [0.2, 0.25) is 0 Å². The smallest absolute Gasteiger partial charge is 0.321 e. The van der Waals surface area contributed by atoms with E-state index in [9.17, 15) is 9.59 Å². The molecule has 1 heterocycles. The standard InChI is InChI=1S/C10H17N3O2/c1-3-5-6-10(4-2)7(11)12-9(15)13-8(10)14/h3-6H2,1-2H3,(H3,11,12,13,14,15)/p+1/t10-/m0/s1. The topological polar surface area (TPSA) is 86.2 Å². The number of carbonyl (C=O) groups is 2. The van der Waals surface area contributed by atoms with Crippen molar-refractivity contribution in [2.75, 3.05) is 0 Å². The summed E-state index contributed by atoms with van der Waals surface area (Å²) in [7, 11) is 0. The van der Waals surface area contributed by atoms with E-state index in [0.29, 0.717) is 12.8 Å². The van der Waals surface area contributed by atoms with E-state index in [4.69, 9.17) is 5.73 Å². The Bertz CT molecular complexity index is 312. The Morgan fingerprint density at radius 1 is 1.40 bits per heavy atom.